The highest BCUT2D eigenvalue weighted by molar-refractivity contribution is 6.08. The third kappa shape index (κ3) is 1.67. The SMILES string of the molecule is CCOC(=O)C1=CCC2(C1)C(=O)Nc1ccccc12. The van der Waals surface area contributed by atoms with Crippen molar-refractivity contribution in [2.24, 2.45) is 0 Å². The maximum Gasteiger partial charge on any atom is 0.333 e. The van der Waals surface area contributed by atoms with Crippen LogP contribution in [0.3, 0.4) is 0 Å². The number of allylic oxidation sites excluding steroid dienone is 1. The maximum absolute atomic E-state index is 12.3. The third-order valence-corrected chi connectivity index (χ3v) is 3.85. The van der Waals surface area contributed by atoms with Gasteiger partial charge in [0.05, 0.1) is 12.0 Å². The van der Waals surface area contributed by atoms with Crippen molar-refractivity contribution < 1.29 is 14.3 Å². The first-order valence-electron chi connectivity index (χ1n) is 6.44. The van der Waals surface area contributed by atoms with Gasteiger partial charge in [-0.15, -0.1) is 0 Å². The van der Waals surface area contributed by atoms with Gasteiger partial charge in [-0.1, -0.05) is 24.3 Å². The summed E-state index contributed by atoms with van der Waals surface area (Å²) in [5.41, 5.74) is 1.83. The minimum atomic E-state index is -0.612. The molecule has 4 heteroatoms. The zero-order chi connectivity index (χ0) is 13.5. The second-order valence-corrected chi connectivity index (χ2v) is 4.91. The number of nitrogens with one attached hydrogen (secondary N) is 1. The van der Waals surface area contributed by atoms with Crippen molar-refractivity contribution in [1.29, 1.82) is 0 Å². The van der Waals surface area contributed by atoms with Crippen LogP contribution in [0.25, 0.3) is 0 Å². The molecule has 3 rings (SSSR count). The Labute approximate surface area is 111 Å². The maximum atomic E-state index is 12.3. The highest BCUT2D eigenvalue weighted by Crippen LogP contribution is 2.48. The van der Waals surface area contributed by atoms with E-state index in [9.17, 15) is 9.59 Å². The standard InChI is InChI=1S/C15H15NO3/c1-2-19-13(17)10-7-8-15(9-10)11-5-3-4-6-12(11)16-14(15)18/h3-7H,2,8-9H2,1H3,(H,16,18). The van der Waals surface area contributed by atoms with Gasteiger partial charge in [-0.05, 0) is 31.4 Å². The Balaban J connectivity index is 1.92. The van der Waals surface area contributed by atoms with Crippen molar-refractivity contribution in [3.05, 3.63) is 41.5 Å². The summed E-state index contributed by atoms with van der Waals surface area (Å²) >= 11 is 0. The van der Waals surface area contributed by atoms with Crippen molar-refractivity contribution >= 4 is 17.6 Å². The number of hydrogen-bond donors (Lipinski definition) is 1. The van der Waals surface area contributed by atoms with Gasteiger partial charge in [0.25, 0.3) is 0 Å². The van der Waals surface area contributed by atoms with E-state index in [1.807, 2.05) is 30.3 Å². The molecule has 1 spiro atoms. The second kappa shape index (κ2) is 4.23. The molecule has 0 bridgehead atoms. The molecule has 1 aliphatic carbocycles. The molecule has 1 atom stereocenters. The van der Waals surface area contributed by atoms with E-state index in [1.165, 1.54) is 0 Å². The molecule has 0 radical (unpaired) electrons. The van der Waals surface area contributed by atoms with Gasteiger partial charge in [-0.2, -0.15) is 0 Å². The van der Waals surface area contributed by atoms with E-state index < -0.39 is 5.41 Å². The molecule has 1 aliphatic heterocycles. The first-order valence-corrected chi connectivity index (χ1v) is 6.44. The lowest BCUT2D eigenvalue weighted by molar-refractivity contribution is -0.138. The van der Waals surface area contributed by atoms with Crippen LogP contribution in [-0.2, 0) is 19.7 Å². The summed E-state index contributed by atoms with van der Waals surface area (Å²) in [5, 5.41) is 2.90. The molecular formula is C15H15NO3. The van der Waals surface area contributed by atoms with Gasteiger partial charge in [-0.25, -0.2) is 4.79 Å². The number of amides is 1. The third-order valence-electron chi connectivity index (χ3n) is 3.85. The molecule has 0 saturated heterocycles. The van der Waals surface area contributed by atoms with Gasteiger partial charge in [0.2, 0.25) is 5.91 Å². The van der Waals surface area contributed by atoms with Crippen LogP contribution in [0, 0.1) is 0 Å². The Kier molecular flexibility index (Phi) is 2.66. The van der Waals surface area contributed by atoms with Crippen molar-refractivity contribution in [2.75, 3.05) is 11.9 Å². The summed E-state index contributed by atoms with van der Waals surface area (Å²) < 4.78 is 5.01. The summed E-state index contributed by atoms with van der Waals surface area (Å²) in [6.45, 7) is 2.13. The molecule has 1 aromatic rings. The smallest absolute Gasteiger partial charge is 0.333 e. The van der Waals surface area contributed by atoms with Crippen molar-refractivity contribution in [3.63, 3.8) is 0 Å². The lowest BCUT2D eigenvalue weighted by Gasteiger charge is -2.21. The summed E-state index contributed by atoms with van der Waals surface area (Å²) in [6, 6.07) is 7.66. The van der Waals surface area contributed by atoms with Crippen LogP contribution in [0.2, 0.25) is 0 Å². The molecule has 1 heterocycles. The average Bonchev–Trinajstić information content (AvgIpc) is 2.96. The molecule has 2 aliphatic rings. The number of anilines is 1. The van der Waals surface area contributed by atoms with Gasteiger partial charge >= 0.3 is 5.97 Å². The highest BCUT2D eigenvalue weighted by Gasteiger charge is 2.49. The quantitative estimate of drug-likeness (QED) is 0.826. The first kappa shape index (κ1) is 12.0. The summed E-state index contributed by atoms with van der Waals surface area (Å²) in [6.07, 6.45) is 2.82. The molecule has 0 aromatic heterocycles. The highest BCUT2D eigenvalue weighted by atomic mass is 16.5. The van der Waals surface area contributed by atoms with E-state index in [2.05, 4.69) is 5.32 Å². The molecule has 19 heavy (non-hydrogen) atoms. The van der Waals surface area contributed by atoms with Gasteiger partial charge in [-0.3, -0.25) is 4.79 Å². The zero-order valence-corrected chi connectivity index (χ0v) is 10.7. The van der Waals surface area contributed by atoms with Crippen LogP contribution in [-0.4, -0.2) is 18.5 Å². The Morgan fingerprint density at radius 1 is 1.42 bits per heavy atom. The molecule has 1 unspecified atom stereocenters. The van der Waals surface area contributed by atoms with Gasteiger partial charge < -0.3 is 10.1 Å². The number of hydrogen-bond acceptors (Lipinski definition) is 3. The Bertz CT molecular complexity index is 591. The molecule has 1 N–H and O–H groups in total. The van der Waals surface area contributed by atoms with Crippen molar-refractivity contribution in [1.82, 2.24) is 0 Å². The minimum Gasteiger partial charge on any atom is -0.463 e. The number of ether oxygens (including phenoxy) is 1. The Hall–Kier alpha value is -2.10. The number of carbonyl (C=O) groups is 2. The summed E-state index contributed by atoms with van der Waals surface area (Å²) in [7, 11) is 0. The van der Waals surface area contributed by atoms with Crippen molar-refractivity contribution in [3.8, 4) is 0 Å². The largest absolute Gasteiger partial charge is 0.463 e. The number of fused-ring (bicyclic) bond motifs is 2. The first-order chi connectivity index (χ1) is 9.17. The molecule has 4 nitrogen and oxygen atoms in total. The topological polar surface area (TPSA) is 55.4 Å². The fourth-order valence-electron chi connectivity index (χ4n) is 2.90. The van der Waals surface area contributed by atoms with E-state index in [1.54, 1.807) is 6.92 Å². The fraction of sp³-hybridized carbons (Fsp3) is 0.333. The van der Waals surface area contributed by atoms with Crippen molar-refractivity contribution in [2.45, 2.75) is 25.2 Å². The number of rotatable bonds is 2. The number of esters is 1. The van der Waals surface area contributed by atoms with Crippen LogP contribution < -0.4 is 5.32 Å². The van der Waals surface area contributed by atoms with E-state index in [-0.39, 0.29) is 11.9 Å². The number of carbonyl (C=O) groups excluding carboxylic acids is 2. The minimum absolute atomic E-state index is 0.0238. The predicted octanol–water partition coefficient (Wildman–Crippen LogP) is 2.16. The fourth-order valence-corrected chi connectivity index (χ4v) is 2.90. The van der Waals surface area contributed by atoms with Gasteiger partial charge in [0.1, 0.15) is 0 Å². The van der Waals surface area contributed by atoms with E-state index in [4.69, 9.17) is 4.74 Å². The van der Waals surface area contributed by atoms with E-state index in [0.717, 1.165) is 11.3 Å². The number of para-hydroxylation sites is 1. The van der Waals surface area contributed by atoms with Crippen LogP contribution in [0.4, 0.5) is 5.69 Å². The summed E-state index contributed by atoms with van der Waals surface area (Å²) in [5.74, 6) is -0.333. The van der Waals surface area contributed by atoms with Crippen LogP contribution in [0.15, 0.2) is 35.9 Å². The van der Waals surface area contributed by atoms with E-state index >= 15 is 0 Å². The van der Waals surface area contributed by atoms with Crippen LogP contribution in [0.5, 0.6) is 0 Å². The molecule has 0 saturated carbocycles. The average molecular weight is 257 g/mol. The Morgan fingerprint density at radius 3 is 3.00 bits per heavy atom. The lowest BCUT2D eigenvalue weighted by Crippen LogP contribution is -2.32. The Morgan fingerprint density at radius 2 is 2.21 bits per heavy atom. The van der Waals surface area contributed by atoms with E-state index in [0.29, 0.717) is 25.0 Å². The van der Waals surface area contributed by atoms with Crippen LogP contribution >= 0.6 is 0 Å². The lowest BCUT2D eigenvalue weighted by atomic mass is 9.78. The number of benzene rings is 1. The molecule has 98 valence electrons. The molecular weight excluding hydrogens is 242 g/mol. The van der Waals surface area contributed by atoms with Gasteiger partial charge in [0.15, 0.2) is 0 Å². The van der Waals surface area contributed by atoms with Crippen LogP contribution in [0.1, 0.15) is 25.3 Å². The molecule has 1 aromatic carbocycles. The monoisotopic (exact) mass is 257 g/mol. The second-order valence-electron chi connectivity index (χ2n) is 4.91. The molecule has 1 amide bonds. The molecule has 0 fully saturated rings. The normalized spacial score (nSPS) is 24.1. The predicted molar refractivity (Wildman–Crippen MR) is 70.7 cm³/mol. The van der Waals surface area contributed by atoms with Gasteiger partial charge in [0, 0.05) is 11.3 Å². The zero-order valence-electron chi connectivity index (χ0n) is 10.7. The summed E-state index contributed by atoms with van der Waals surface area (Å²) in [4.78, 5) is 24.1.